The molecule has 11 nitrogen and oxygen atoms in total. The van der Waals surface area contributed by atoms with Crippen LogP contribution < -0.4 is 10.6 Å². The fraction of sp³-hybridized carbons (Fsp3) is 0.344. The molecule has 0 radical (unpaired) electrons. The average Bonchev–Trinajstić information content (AvgIpc) is 2.96. The molecule has 2 aromatic carbocycles. The van der Waals surface area contributed by atoms with Gasteiger partial charge in [0.2, 0.25) is 0 Å². The summed E-state index contributed by atoms with van der Waals surface area (Å²) in [7, 11) is 0. The summed E-state index contributed by atoms with van der Waals surface area (Å²) < 4.78 is 22.3. The van der Waals surface area contributed by atoms with Crippen molar-refractivity contribution in [3.8, 4) is 6.07 Å². The summed E-state index contributed by atoms with van der Waals surface area (Å²) in [6, 6.07) is 16.4. The molecule has 2 aliphatic rings. The molecular formula is C32H32ClN3O8S. The number of rotatable bonds is 8. The number of allylic oxidation sites excluding steroid dienone is 2. The van der Waals surface area contributed by atoms with Crippen LogP contribution in [0.3, 0.4) is 0 Å². The van der Waals surface area contributed by atoms with Crippen molar-refractivity contribution >= 4 is 52.9 Å². The Bertz CT molecular complexity index is 1580. The van der Waals surface area contributed by atoms with Crippen LogP contribution in [0.25, 0.3) is 0 Å². The van der Waals surface area contributed by atoms with Crippen LogP contribution in [-0.4, -0.2) is 54.2 Å². The van der Waals surface area contributed by atoms with E-state index in [0.717, 1.165) is 17.3 Å². The van der Waals surface area contributed by atoms with Gasteiger partial charge in [-0.2, -0.15) is 5.26 Å². The Labute approximate surface area is 269 Å². The van der Waals surface area contributed by atoms with E-state index in [4.69, 9.17) is 30.5 Å². The van der Waals surface area contributed by atoms with Crippen molar-refractivity contribution in [3.63, 3.8) is 0 Å². The first-order valence-corrected chi connectivity index (χ1v) is 15.2. The third-order valence-corrected chi connectivity index (χ3v) is 8.39. The van der Waals surface area contributed by atoms with Gasteiger partial charge in [0.15, 0.2) is 18.3 Å². The molecule has 13 heteroatoms. The van der Waals surface area contributed by atoms with Gasteiger partial charge in [-0.3, -0.25) is 19.2 Å². The Hall–Kier alpha value is -4.31. The quantitative estimate of drug-likeness (QED) is 0.296. The second-order valence-corrected chi connectivity index (χ2v) is 12.0. The van der Waals surface area contributed by atoms with Crippen LogP contribution in [0.2, 0.25) is 5.02 Å². The van der Waals surface area contributed by atoms with Gasteiger partial charge in [-0.15, -0.1) is 0 Å². The van der Waals surface area contributed by atoms with Crippen LogP contribution >= 0.6 is 23.4 Å². The molecule has 1 amide bonds. The molecular weight excluding hydrogens is 622 g/mol. The molecule has 2 heterocycles. The second-order valence-electron chi connectivity index (χ2n) is 10.4. The molecule has 2 N–H and O–H groups in total. The van der Waals surface area contributed by atoms with Gasteiger partial charge in [-0.25, -0.2) is 0 Å². The van der Waals surface area contributed by atoms with Crippen LogP contribution in [0.15, 0.2) is 70.4 Å². The summed E-state index contributed by atoms with van der Waals surface area (Å²) in [6.07, 6.45) is -3.44. The lowest BCUT2D eigenvalue weighted by molar-refractivity contribution is -0.213. The molecule has 0 spiro atoms. The van der Waals surface area contributed by atoms with Crippen molar-refractivity contribution in [2.75, 3.05) is 11.9 Å². The highest BCUT2D eigenvalue weighted by atomic mass is 35.5. The van der Waals surface area contributed by atoms with Gasteiger partial charge in [0.25, 0.3) is 5.91 Å². The van der Waals surface area contributed by atoms with E-state index in [2.05, 4.69) is 16.7 Å². The normalized spacial score (nSPS) is 22.9. The fourth-order valence-corrected chi connectivity index (χ4v) is 6.41. The van der Waals surface area contributed by atoms with Gasteiger partial charge in [0.05, 0.1) is 29.2 Å². The van der Waals surface area contributed by atoms with E-state index < -0.39 is 53.5 Å². The van der Waals surface area contributed by atoms with E-state index in [0.29, 0.717) is 32.6 Å². The first kappa shape index (κ1) is 33.6. The summed E-state index contributed by atoms with van der Waals surface area (Å²) in [5.41, 5.74) is 2.23. The molecule has 0 bridgehead atoms. The number of nitriles is 1. The zero-order chi connectivity index (χ0) is 32.8. The first-order valence-electron chi connectivity index (χ1n) is 13.9. The van der Waals surface area contributed by atoms with Gasteiger partial charge in [0.1, 0.15) is 5.44 Å². The highest BCUT2D eigenvalue weighted by molar-refractivity contribution is 8.03. The number of esters is 3. The molecule has 1 fully saturated rings. The molecule has 236 valence electrons. The van der Waals surface area contributed by atoms with Crippen molar-refractivity contribution < 1.29 is 38.1 Å². The van der Waals surface area contributed by atoms with E-state index in [9.17, 15) is 24.4 Å². The van der Waals surface area contributed by atoms with Gasteiger partial charge in [0, 0.05) is 42.8 Å². The van der Waals surface area contributed by atoms with Crippen molar-refractivity contribution in [2.45, 2.75) is 64.3 Å². The Morgan fingerprint density at radius 2 is 1.53 bits per heavy atom. The number of dihydropyridines is 1. The molecule has 1 saturated heterocycles. The van der Waals surface area contributed by atoms with Gasteiger partial charge in [-0.1, -0.05) is 53.2 Å². The van der Waals surface area contributed by atoms with Crippen molar-refractivity contribution in [1.82, 2.24) is 5.32 Å². The smallest absolute Gasteiger partial charge is 0.303 e. The lowest BCUT2D eigenvalue weighted by Crippen LogP contribution is -2.56. The number of aryl methyl sites for hydroxylation is 1. The number of carbonyl (C=O) groups excluding carboxylic acids is 4. The SMILES string of the molecule is CC(=O)O[C@@H]1[C@@H](OC(C)=O)[C@H](SC2=C(C#N)C(c3ccc(Cl)cc3)C(C(=O)Nc3ccc(C)cc3)=C(C)N2)OC[C@@H]1OC(C)=O. The number of thioether (sulfide) groups is 1. The van der Waals surface area contributed by atoms with Crippen LogP contribution in [0, 0.1) is 18.3 Å². The standard InChI is InChI=1S/C32H32ClN3O8S/c1-16-6-12-23(13-7-16)36-30(40)26-17(2)35-31(24(14-34)27(26)21-8-10-22(33)11-9-21)45-32-29(44-20(5)39)28(43-19(4)38)25(15-41-32)42-18(3)37/h6-13,25,27-29,32,35H,15H2,1-5H3,(H,36,40)/t25-,27?,28-,29+,32-/m0/s1. The summed E-state index contributed by atoms with van der Waals surface area (Å²) in [4.78, 5) is 49.7. The maximum atomic E-state index is 13.8. The number of halogens is 1. The zero-order valence-electron chi connectivity index (χ0n) is 25.2. The van der Waals surface area contributed by atoms with Gasteiger partial charge >= 0.3 is 17.9 Å². The number of carbonyl (C=O) groups is 4. The molecule has 1 unspecified atom stereocenters. The lowest BCUT2D eigenvalue weighted by Gasteiger charge is -2.41. The maximum Gasteiger partial charge on any atom is 0.303 e. The summed E-state index contributed by atoms with van der Waals surface area (Å²) in [5.74, 6) is -3.23. The maximum absolute atomic E-state index is 13.8. The van der Waals surface area contributed by atoms with Gasteiger partial charge in [-0.05, 0) is 43.7 Å². The minimum absolute atomic E-state index is 0.179. The summed E-state index contributed by atoms with van der Waals surface area (Å²) in [6.45, 7) is 7.04. The number of nitrogens with zero attached hydrogens (tertiary/aromatic N) is 1. The van der Waals surface area contributed by atoms with E-state index in [1.165, 1.54) is 20.8 Å². The van der Waals surface area contributed by atoms with E-state index >= 15 is 0 Å². The number of nitrogens with one attached hydrogen (secondary N) is 2. The van der Waals surface area contributed by atoms with Crippen molar-refractivity contribution in [3.05, 3.63) is 86.6 Å². The minimum Gasteiger partial charge on any atom is -0.456 e. The van der Waals surface area contributed by atoms with Crippen LogP contribution in [0.1, 0.15) is 44.7 Å². The topological polar surface area (TPSA) is 153 Å². The molecule has 0 aliphatic carbocycles. The number of hydrogen-bond donors (Lipinski definition) is 2. The Morgan fingerprint density at radius 1 is 0.933 bits per heavy atom. The number of hydrogen-bond acceptors (Lipinski definition) is 11. The largest absolute Gasteiger partial charge is 0.456 e. The fourth-order valence-electron chi connectivity index (χ4n) is 5.06. The van der Waals surface area contributed by atoms with Crippen LogP contribution in [0.4, 0.5) is 5.69 Å². The third kappa shape index (κ3) is 8.25. The molecule has 5 atom stereocenters. The third-order valence-electron chi connectivity index (χ3n) is 6.94. The predicted octanol–water partition coefficient (Wildman–Crippen LogP) is 4.87. The highest BCUT2D eigenvalue weighted by Gasteiger charge is 2.48. The molecule has 0 aromatic heterocycles. The zero-order valence-corrected chi connectivity index (χ0v) is 26.8. The highest BCUT2D eigenvalue weighted by Crippen LogP contribution is 2.44. The molecule has 45 heavy (non-hydrogen) atoms. The predicted molar refractivity (Wildman–Crippen MR) is 166 cm³/mol. The molecule has 2 aromatic rings. The first-order chi connectivity index (χ1) is 21.4. The molecule has 2 aliphatic heterocycles. The number of amides is 1. The summed E-state index contributed by atoms with van der Waals surface area (Å²) in [5, 5.41) is 17.4. The van der Waals surface area contributed by atoms with Crippen molar-refractivity contribution in [2.24, 2.45) is 0 Å². The Kier molecular flexibility index (Phi) is 10.9. The van der Waals surface area contributed by atoms with Crippen LogP contribution in [0.5, 0.6) is 0 Å². The Morgan fingerprint density at radius 3 is 2.11 bits per heavy atom. The average molecular weight is 654 g/mol. The van der Waals surface area contributed by atoms with Crippen molar-refractivity contribution in [1.29, 1.82) is 5.26 Å². The summed E-state index contributed by atoms with van der Waals surface area (Å²) >= 11 is 7.19. The van der Waals surface area contributed by atoms with E-state index in [1.54, 1.807) is 43.3 Å². The Balaban J connectivity index is 1.74. The molecule has 4 rings (SSSR count). The van der Waals surface area contributed by atoms with Gasteiger partial charge < -0.3 is 29.6 Å². The minimum atomic E-state index is -1.21. The van der Waals surface area contributed by atoms with E-state index in [-0.39, 0.29) is 12.2 Å². The second kappa shape index (κ2) is 14.6. The number of ether oxygens (including phenoxy) is 4. The lowest BCUT2D eigenvalue weighted by atomic mass is 9.82. The van der Waals surface area contributed by atoms with Crippen LogP contribution in [-0.2, 0) is 38.1 Å². The number of benzene rings is 2. The van der Waals surface area contributed by atoms with E-state index in [1.807, 2.05) is 19.1 Å². The number of anilines is 1. The molecule has 0 saturated carbocycles. The monoisotopic (exact) mass is 653 g/mol.